The molecule has 0 bridgehead atoms. The van der Waals surface area contributed by atoms with Gasteiger partial charge in [-0.1, -0.05) is 0 Å². The second-order valence-electron chi connectivity index (χ2n) is 2.71. The van der Waals surface area contributed by atoms with E-state index in [4.69, 9.17) is 9.47 Å². The summed E-state index contributed by atoms with van der Waals surface area (Å²) in [4.78, 5) is 0. The standard InChI is InChI=1S/C10H10NO2/c1-12-9-5-7-3-4-11-8(7)6-10(9)13-2/h3-6H,1-2H3. The average Bonchev–Trinajstić information content (AvgIpc) is 2.62. The lowest BCUT2D eigenvalue weighted by molar-refractivity contribution is 0.355. The van der Waals surface area contributed by atoms with E-state index >= 15 is 0 Å². The van der Waals surface area contributed by atoms with Crippen LogP contribution in [0.25, 0.3) is 6.08 Å². The molecule has 3 heteroatoms. The SMILES string of the molecule is COc1cc2c(cc1OC)[N]C=C2. The fourth-order valence-electron chi connectivity index (χ4n) is 1.33. The maximum atomic E-state index is 5.16. The summed E-state index contributed by atoms with van der Waals surface area (Å²) in [5.74, 6) is 1.46. The highest BCUT2D eigenvalue weighted by Crippen LogP contribution is 2.35. The average molecular weight is 176 g/mol. The zero-order valence-electron chi connectivity index (χ0n) is 7.57. The molecule has 0 fully saturated rings. The van der Waals surface area contributed by atoms with Gasteiger partial charge in [-0.2, -0.15) is 0 Å². The molecular formula is C10H10NO2. The van der Waals surface area contributed by atoms with Gasteiger partial charge in [-0.05, 0) is 12.1 Å². The normalized spacial score (nSPS) is 12.2. The van der Waals surface area contributed by atoms with Gasteiger partial charge in [0.1, 0.15) is 0 Å². The first-order chi connectivity index (χ1) is 6.35. The molecule has 0 aromatic heterocycles. The van der Waals surface area contributed by atoms with Crippen LogP contribution in [0.4, 0.5) is 5.69 Å². The third kappa shape index (κ3) is 1.22. The van der Waals surface area contributed by atoms with E-state index in [1.165, 1.54) is 0 Å². The Hall–Kier alpha value is -1.64. The second kappa shape index (κ2) is 3.01. The maximum Gasteiger partial charge on any atom is 0.162 e. The summed E-state index contributed by atoms with van der Waals surface area (Å²) in [6, 6.07) is 3.79. The summed E-state index contributed by atoms with van der Waals surface area (Å²) in [5.41, 5.74) is 2.00. The lowest BCUT2D eigenvalue weighted by Crippen LogP contribution is -1.92. The van der Waals surface area contributed by atoms with Crippen LogP contribution in [-0.4, -0.2) is 14.2 Å². The molecule has 0 saturated carbocycles. The summed E-state index contributed by atoms with van der Waals surface area (Å²) in [7, 11) is 3.24. The summed E-state index contributed by atoms with van der Waals surface area (Å²) in [5, 5.41) is 4.17. The summed E-state index contributed by atoms with van der Waals surface area (Å²) >= 11 is 0. The number of nitrogens with zero attached hydrogens (tertiary/aromatic N) is 1. The summed E-state index contributed by atoms with van der Waals surface area (Å²) < 4.78 is 10.3. The summed E-state index contributed by atoms with van der Waals surface area (Å²) in [6.07, 6.45) is 3.71. The van der Waals surface area contributed by atoms with E-state index in [-0.39, 0.29) is 0 Å². The van der Waals surface area contributed by atoms with Crippen LogP contribution in [0.3, 0.4) is 0 Å². The van der Waals surface area contributed by atoms with Crippen LogP contribution in [0, 0.1) is 0 Å². The number of hydrogen-bond acceptors (Lipinski definition) is 2. The van der Waals surface area contributed by atoms with E-state index in [0.717, 1.165) is 17.0 Å². The minimum Gasteiger partial charge on any atom is -0.493 e. The predicted molar refractivity (Wildman–Crippen MR) is 50.4 cm³/mol. The van der Waals surface area contributed by atoms with Crippen LogP contribution in [0.5, 0.6) is 11.5 Å². The number of hydrogen-bond donors (Lipinski definition) is 0. The molecule has 1 aliphatic rings. The van der Waals surface area contributed by atoms with Crippen LogP contribution in [-0.2, 0) is 0 Å². The van der Waals surface area contributed by atoms with Crippen LogP contribution >= 0.6 is 0 Å². The predicted octanol–water partition coefficient (Wildman–Crippen LogP) is 1.92. The third-order valence-corrected chi connectivity index (χ3v) is 2.00. The first-order valence-electron chi connectivity index (χ1n) is 3.98. The fraction of sp³-hybridized carbons (Fsp3) is 0.200. The molecule has 0 amide bonds. The van der Waals surface area contributed by atoms with Crippen LogP contribution in [0.2, 0.25) is 0 Å². The van der Waals surface area contributed by atoms with Gasteiger partial charge in [-0.3, -0.25) is 5.32 Å². The lowest BCUT2D eigenvalue weighted by atomic mass is 10.2. The Morgan fingerprint density at radius 1 is 1.08 bits per heavy atom. The number of ether oxygens (including phenoxy) is 2. The maximum absolute atomic E-state index is 5.16. The van der Waals surface area contributed by atoms with Crippen molar-refractivity contribution in [1.29, 1.82) is 0 Å². The number of rotatable bonds is 2. The largest absolute Gasteiger partial charge is 0.493 e. The van der Waals surface area contributed by atoms with Crippen molar-refractivity contribution in [2.75, 3.05) is 14.2 Å². The summed E-state index contributed by atoms with van der Waals surface area (Å²) in [6.45, 7) is 0. The molecule has 3 nitrogen and oxygen atoms in total. The minimum atomic E-state index is 0.716. The molecule has 1 aromatic rings. The Balaban J connectivity index is 2.51. The molecule has 0 atom stereocenters. The Morgan fingerprint density at radius 2 is 1.77 bits per heavy atom. The van der Waals surface area contributed by atoms with E-state index in [0.29, 0.717) is 5.75 Å². The molecule has 1 aliphatic heterocycles. The molecule has 0 saturated heterocycles. The van der Waals surface area contributed by atoms with Gasteiger partial charge in [0.25, 0.3) is 0 Å². The van der Waals surface area contributed by atoms with Crippen molar-refractivity contribution in [1.82, 2.24) is 5.32 Å². The topological polar surface area (TPSA) is 32.6 Å². The van der Waals surface area contributed by atoms with Crippen molar-refractivity contribution in [3.63, 3.8) is 0 Å². The minimum absolute atomic E-state index is 0.716. The zero-order valence-corrected chi connectivity index (χ0v) is 7.57. The van der Waals surface area contributed by atoms with Gasteiger partial charge in [0.15, 0.2) is 11.5 Å². The molecule has 0 spiro atoms. The molecule has 0 aliphatic carbocycles. The molecule has 0 N–H and O–H groups in total. The van der Waals surface area contributed by atoms with Crippen molar-refractivity contribution >= 4 is 11.8 Å². The van der Waals surface area contributed by atoms with Crippen LogP contribution < -0.4 is 14.8 Å². The van der Waals surface area contributed by atoms with Crippen molar-refractivity contribution < 1.29 is 9.47 Å². The number of methoxy groups -OCH3 is 2. The molecule has 2 rings (SSSR count). The van der Waals surface area contributed by atoms with Gasteiger partial charge in [0.05, 0.1) is 19.9 Å². The molecule has 0 unspecified atom stereocenters. The molecule has 1 radical (unpaired) electrons. The number of fused-ring (bicyclic) bond motifs is 1. The van der Waals surface area contributed by atoms with Gasteiger partial charge in [0.2, 0.25) is 0 Å². The fourth-order valence-corrected chi connectivity index (χ4v) is 1.33. The Bertz CT molecular complexity index is 358. The third-order valence-electron chi connectivity index (χ3n) is 2.00. The highest BCUT2D eigenvalue weighted by atomic mass is 16.5. The Kier molecular flexibility index (Phi) is 1.85. The monoisotopic (exact) mass is 176 g/mol. The van der Waals surface area contributed by atoms with E-state index in [1.54, 1.807) is 20.4 Å². The second-order valence-corrected chi connectivity index (χ2v) is 2.71. The van der Waals surface area contributed by atoms with E-state index in [1.807, 2.05) is 18.2 Å². The first-order valence-corrected chi connectivity index (χ1v) is 3.98. The van der Waals surface area contributed by atoms with Crippen molar-refractivity contribution in [3.8, 4) is 11.5 Å². The van der Waals surface area contributed by atoms with Gasteiger partial charge >= 0.3 is 0 Å². The molecule has 1 aromatic carbocycles. The highest BCUT2D eigenvalue weighted by molar-refractivity contribution is 5.73. The Morgan fingerprint density at radius 3 is 2.46 bits per heavy atom. The molecule has 1 heterocycles. The van der Waals surface area contributed by atoms with Gasteiger partial charge in [-0.25, -0.2) is 0 Å². The quantitative estimate of drug-likeness (QED) is 0.689. The zero-order chi connectivity index (χ0) is 9.26. The van der Waals surface area contributed by atoms with Crippen molar-refractivity contribution in [3.05, 3.63) is 23.9 Å². The molecule has 13 heavy (non-hydrogen) atoms. The first kappa shape index (κ1) is 7.98. The van der Waals surface area contributed by atoms with E-state index < -0.39 is 0 Å². The number of benzene rings is 1. The lowest BCUT2D eigenvalue weighted by Gasteiger charge is -2.08. The smallest absolute Gasteiger partial charge is 0.162 e. The molecular weight excluding hydrogens is 166 g/mol. The Labute approximate surface area is 77.0 Å². The highest BCUT2D eigenvalue weighted by Gasteiger charge is 2.12. The van der Waals surface area contributed by atoms with Crippen molar-refractivity contribution in [2.24, 2.45) is 0 Å². The van der Waals surface area contributed by atoms with Gasteiger partial charge < -0.3 is 9.47 Å². The van der Waals surface area contributed by atoms with E-state index in [9.17, 15) is 0 Å². The van der Waals surface area contributed by atoms with E-state index in [2.05, 4.69) is 5.32 Å². The van der Waals surface area contributed by atoms with Crippen LogP contribution in [0.15, 0.2) is 18.3 Å². The van der Waals surface area contributed by atoms with Gasteiger partial charge in [-0.15, -0.1) is 0 Å². The van der Waals surface area contributed by atoms with Crippen molar-refractivity contribution in [2.45, 2.75) is 0 Å². The van der Waals surface area contributed by atoms with Crippen LogP contribution in [0.1, 0.15) is 5.56 Å². The molecule has 67 valence electrons. The van der Waals surface area contributed by atoms with Gasteiger partial charge in [0, 0.05) is 17.8 Å².